The second-order valence-electron chi connectivity index (χ2n) is 5.11. The molecule has 0 aromatic heterocycles. The summed E-state index contributed by atoms with van der Waals surface area (Å²) < 4.78 is 0. The van der Waals surface area contributed by atoms with Gasteiger partial charge in [0.2, 0.25) is 5.91 Å². The van der Waals surface area contributed by atoms with Gasteiger partial charge in [-0.3, -0.25) is 4.79 Å². The minimum atomic E-state index is -0.310. The number of rotatable bonds is 7. The molecule has 1 aromatic carbocycles. The van der Waals surface area contributed by atoms with Crippen molar-refractivity contribution in [2.75, 3.05) is 29.9 Å². The Labute approximate surface area is 131 Å². The number of anilines is 2. The number of likely N-dealkylation sites (N-methyl/N-ethyl adjacent to an activating group) is 1. The fraction of sp³-hybridized carbons (Fsp3) is 0.438. The molecular formula is C16H22ClN3O. The van der Waals surface area contributed by atoms with Gasteiger partial charge in [-0.25, -0.2) is 0 Å². The first-order valence-corrected chi connectivity index (χ1v) is 7.73. The molecule has 0 spiro atoms. The van der Waals surface area contributed by atoms with Gasteiger partial charge in [0, 0.05) is 24.3 Å². The largest absolute Gasteiger partial charge is 0.367 e. The number of hydrogen-bond donors (Lipinski definition) is 2. The predicted octanol–water partition coefficient (Wildman–Crippen LogP) is 3.35. The molecule has 1 aliphatic heterocycles. The Balaban J connectivity index is 2.37. The van der Waals surface area contributed by atoms with Gasteiger partial charge in [-0.05, 0) is 25.1 Å². The summed E-state index contributed by atoms with van der Waals surface area (Å²) >= 11 is 6.44. The topological polar surface area (TPSA) is 44.4 Å². The van der Waals surface area contributed by atoms with Crippen LogP contribution in [0.15, 0.2) is 24.8 Å². The summed E-state index contributed by atoms with van der Waals surface area (Å²) in [5.74, 6) is -0.0224. The number of fused-ring (bicyclic) bond motifs is 1. The van der Waals surface area contributed by atoms with E-state index in [0.717, 1.165) is 43.0 Å². The number of carbonyl (C=O) groups excluding carboxylic acids is 1. The molecule has 1 aromatic rings. The van der Waals surface area contributed by atoms with Gasteiger partial charge in [-0.2, -0.15) is 0 Å². The fourth-order valence-electron chi connectivity index (χ4n) is 2.66. The van der Waals surface area contributed by atoms with Crippen LogP contribution in [0, 0.1) is 0 Å². The first kappa shape index (κ1) is 15.9. The summed E-state index contributed by atoms with van der Waals surface area (Å²) in [6.45, 7) is 10.3. The zero-order valence-electron chi connectivity index (χ0n) is 12.6. The van der Waals surface area contributed by atoms with Crippen molar-refractivity contribution < 1.29 is 4.79 Å². The van der Waals surface area contributed by atoms with Gasteiger partial charge in [0.25, 0.3) is 0 Å². The maximum absolute atomic E-state index is 12.0. The van der Waals surface area contributed by atoms with Crippen molar-refractivity contribution in [3.05, 3.63) is 35.4 Å². The normalized spacial score (nSPS) is 16.5. The number of benzene rings is 1. The van der Waals surface area contributed by atoms with E-state index in [-0.39, 0.29) is 11.9 Å². The SMILES string of the molecule is C=CCN(CCC)c1cc2c(cc1Cl)C(NCC)C(=O)N2. The Bertz CT molecular complexity index is 545. The Morgan fingerprint density at radius 3 is 2.86 bits per heavy atom. The molecule has 0 aliphatic carbocycles. The summed E-state index contributed by atoms with van der Waals surface area (Å²) in [7, 11) is 0. The molecule has 4 nitrogen and oxygen atoms in total. The van der Waals surface area contributed by atoms with Gasteiger partial charge in [0.05, 0.1) is 10.7 Å². The van der Waals surface area contributed by atoms with E-state index in [9.17, 15) is 4.79 Å². The molecule has 0 bridgehead atoms. The third-order valence-corrected chi connectivity index (χ3v) is 3.84. The van der Waals surface area contributed by atoms with Gasteiger partial charge >= 0.3 is 0 Å². The van der Waals surface area contributed by atoms with Crippen LogP contribution >= 0.6 is 11.6 Å². The maximum Gasteiger partial charge on any atom is 0.246 e. The van der Waals surface area contributed by atoms with Gasteiger partial charge in [0.1, 0.15) is 6.04 Å². The maximum atomic E-state index is 12.0. The third-order valence-electron chi connectivity index (χ3n) is 3.54. The van der Waals surface area contributed by atoms with Crippen LogP contribution in [0.3, 0.4) is 0 Å². The smallest absolute Gasteiger partial charge is 0.246 e. The molecule has 1 atom stereocenters. The number of amides is 1. The lowest BCUT2D eigenvalue weighted by Crippen LogP contribution is -2.27. The Morgan fingerprint density at radius 2 is 2.24 bits per heavy atom. The zero-order chi connectivity index (χ0) is 15.4. The van der Waals surface area contributed by atoms with Crippen molar-refractivity contribution in [1.29, 1.82) is 0 Å². The van der Waals surface area contributed by atoms with E-state index in [1.165, 1.54) is 0 Å². The van der Waals surface area contributed by atoms with Crippen LogP contribution in [-0.2, 0) is 4.79 Å². The quantitative estimate of drug-likeness (QED) is 0.759. The number of nitrogens with zero attached hydrogens (tertiary/aromatic N) is 1. The highest BCUT2D eigenvalue weighted by molar-refractivity contribution is 6.33. The standard InChI is InChI=1S/C16H22ClN3O/c1-4-7-20(8-5-2)14-10-13-11(9-12(14)17)15(18-6-3)16(21)19-13/h4,9-10,15,18H,1,5-8H2,2-3H3,(H,19,21). The lowest BCUT2D eigenvalue weighted by molar-refractivity contribution is -0.117. The predicted molar refractivity (Wildman–Crippen MR) is 89.2 cm³/mol. The van der Waals surface area contributed by atoms with E-state index in [2.05, 4.69) is 29.0 Å². The van der Waals surface area contributed by atoms with Gasteiger partial charge in [-0.1, -0.05) is 31.5 Å². The van der Waals surface area contributed by atoms with Crippen molar-refractivity contribution in [1.82, 2.24) is 5.32 Å². The van der Waals surface area contributed by atoms with Crippen LogP contribution in [0.1, 0.15) is 31.9 Å². The van der Waals surface area contributed by atoms with E-state index in [4.69, 9.17) is 11.6 Å². The summed E-state index contributed by atoms with van der Waals surface area (Å²) in [5.41, 5.74) is 2.70. The van der Waals surface area contributed by atoms with Gasteiger partial charge < -0.3 is 15.5 Å². The third kappa shape index (κ3) is 3.22. The summed E-state index contributed by atoms with van der Waals surface area (Å²) in [6, 6.07) is 3.55. The number of carbonyl (C=O) groups is 1. The lowest BCUT2D eigenvalue weighted by Gasteiger charge is -2.24. The van der Waals surface area contributed by atoms with Crippen LogP contribution in [0.2, 0.25) is 5.02 Å². The monoisotopic (exact) mass is 307 g/mol. The second kappa shape index (κ2) is 6.96. The van der Waals surface area contributed by atoms with Crippen LogP contribution in [0.25, 0.3) is 0 Å². The summed E-state index contributed by atoms with van der Waals surface area (Å²) in [5, 5.41) is 6.77. The molecule has 21 heavy (non-hydrogen) atoms. The average molecular weight is 308 g/mol. The van der Waals surface area contributed by atoms with E-state index in [0.29, 0.717) is 5.02 Å². The molecule has 0 saturated carbocycles. The van der Waals surface area contributed by atoms with Crippen molar-refractivity contribution in [2.45, 2.75) is 26.3 Å². The Hall–Kier alpha value is -1.52. The molecule has 0 radical (unpaired) electrons. The van der Waals surface area contributed by atoms with E-state index in [1.807, 2.05) is 25.1 Å². The summed E-state index contributed by atoms with van der Waals surface area (Å²) in [6.07, 6.45) is 2.88. The van der Waals surface area contributed by atoms with E-state index in [1.54, 1.807) is 0 Å². The first-order valence-electron chi connectivity index (χ1n) is 7.35. The molecule has 0 fully saturated rings. The highest BCUT2D eigenvalue weighted by atomic mass is 35.5. The second-order valence-corrected chi connectivity index (χ2v) is 5.51. The van der Waals surface area contributed by atoms with Crippen LogP contribution in [0.4, 0.5) is 11.4 Å². The van der Waals surface area contributed by atoms with Gasteiger partial charge in [0.15, 0.2) is 0 Å². The molecule has 1 unspecified atom stereocenters. The van der Waals surface area contributed by atoms with Crippen molar-refractivity contribution in [3.8, 4) is 0 Å². The molecule has 5 heteroatoms. The van der Waals surface area contributed by atoms with Crippen molar-refractivity contribution in [3.63, 3.8) is 0 Å². The van der Waals surface area contributed by atoms with Crippen LogP contribution < -0.4 is 15.5 Å². The highest BCUT2D eigenvalue weighted by Gasteiger charge is 2.31. The fourth-order valence-corrected chi connectivity index (χ4v) is 2.95. The zero-order valence-corrected chi connectivity index (χ0v) is 13.3. The summed E-state index contributed by atoms with van der Waals surface area (Å²) in [4.78, 5) is 14.2. The first-order chi connectivity index (χ1) is 10.1. The van der Waals surface area contributed by atoms with Crippen LogP contribution in [-0.4, -0.2) is 25.5 Å². The average Bonchev–Trinajstić information content (AvgIpc) is 2.74. The van der Waals surface area contributed by atoms with E-state index < -0.39 is 0 Å². The molecule has 1 heterocycles. The lowest BCUT2D eigenvalue weighted by atomic mass is 10.1. The molecule has 2 rings (SSSR count). The molecular weight excluding hydrogens is 286 g/mol. The minimum absolute atomic E-state index is 0.0224. The van der Waals surface area contributed by atoms with Crippen LogP contribution in [0.5, 0.6) is 0 Å². The Morgan fingerprint density at radius 1 is 1.48 bits per heavy atom. The molecule has 1 amide bonds. The van der Waals surface area contributed by atoms with Crippen molar-refractivity contribution >= 4 is 28.9 Å². The minimum Gasteiger partial charge on any atom is -0.367 e. The highest BCUT2D eigenvalue weighted by Crippen LogP contribution is 2.39. The molecule has 0 saturated heterocycles. The number of hydrogen-bond acceptors (Lipinski definition) is 3. The number of halogens is 1. The van der Waals surface area contributed by atoms with Gasteiger partial charge in [-0.15, -0.1) is 6.58 Å². The van der Waals surface area contributed by atoms with E-state index >= 15 is 0 Å². The number of nitrogens with one attached hydrogen (secondary N) is 2. The molecule has 1 aliphatic rings. The molecule has 114 valence electrons. The van der Waals surface area contributed by atoms with Crippen molar-refractivity contribution in [2.24, 2.45) is 0 Å². The molecule has 2 N–H and O–H groups in total. The Kier molecular flexibility index (Phi) is 5.26.